The number of aromatic nitrogens is 1. The second-order valence-corrected chi connectivity index (χ2v) is 7.05. The van der Waals surface area contributed by atoms with E-state index in [4.69, 9.17) is 4.74 Å². The molecule has 0 aliphatic heterocycles. The number of carbonyl (C=O) groups excluding carboxylic acids is 1. The van der Waals surface area contributed by atoms with E-state index in [9.17, 15) is 4.79 Å². The number of nitrogens with one attached hydrogen (secondary N) is 1. The molecule has 2 rings (SSSR count). The highest BCUT2D eigenvalue weighted by molar-refractivity contribution is 7.09. The number of thiazole rings is 1. The summed E-state index contributed by atoms with van der Waals surface area (Å²) in [5.41, 5.74) is 1.80. The van der Waals surface area contributed by atoms with Gasteiger partial charge in [0.25, 0.3) is 0 Å². The first-order valence-corrected chi connectivity index (χ1v) is 9.01. The summed E-state index contributed by atoms with van der Waals surface area (Å²) >= 11 is 1.61. The molecule has 1 aromatic carbocycles. The van der Waals surface area contributed by atoms with Crippen molar-refractivity contribution in [1.82, 2.24) is 10.3 Å². The minimum Gasteiger partial charge on any atom is -0.487 e. The zero-order valence-electron chi connectivity index (χ0n) is 14.4. The van der Waals surface area contributed by atoms with E-state index in [2.05, 4.69) is 24.1 Å². The van der Waals surface area contributed by atoms with Gasteiger partial charge in [-0.15, -0.1) is 11.3 Å². The van der Waals surface area contributed by atoms with E-state index in [1.165, 1.54) is 0 Å². The third-order valence-electron chi connectivity index (χ3n) is 3.40. The monoisotopic (exact) mass is 344 g/mol. The predicted molar refractivity (Wildman–Crippen MR) is 99.1 cm³/mol. The van der Waals surface area contributed by atoms with E-state index < -0.39 is 0 Å². The average Bonchev–Trinajstić information content (AvgIpc) is 2.97. The molecule has 24 heavy (non-hydrogen) atoms. The number of amides is 1. The zero-order chi connectivity index (χ0) is 17.4. The van der Waals surface area contributed by atoms with Crippen molar-refractivity contribution in [2.75, 3.05) is 6.54 Å². The van der Waals surface area contributed by atoms with E-state index in [1.54, 1.807) is 23.5 Å². The second kappa shape index (κ2) is 9.23. The molecule has 1 heterocycles. The molecular formula is C19H24N2O2S. The van der Waals surface area contributed by atoms with Crippen LogP contribution < -0.4 is 10.1 Å². The first-order valence-electron chi connectivity index (χ1n) is 8.13. The lowest BCUT2D eigenvalue weighted by Gasteiger charge is -2.08. The van der Waals surface area contributed by atoms with Gasteiger partial charge in [0.2, 0.25) is 5.91 Å². The third-order valence-corrected chi connectivity index (χ3v) is 4.22. The molecule has 2 aromatic rings. The van der Waals surface area contributed by atoms with Crippen LogP contribution in [0, 0.1) is 12.8 Å². The molecule has 128 valence electrons. The second-order valence-electron chi connectivity index (χ2n) is 5.99. The molecule has 0 aliphatic rings. The molecule has 1 N–H and O–H groups in total. The Morgan fingerprint density at radius 1 is 1.38 bits per heavy atom. The van der Waals surface area contributed by atoms with Crippen molar-refractivity contribution >= 4 is 23.3 Å². The topological polar surface area (TPSA) is 51.2 Å². The van der Waals surface area contributed by atoms with Crippen LogP contribution in [0.3, 0.4) is 0 Å². The number of ether oxygens (including phenoxy) is 1. The zero-order valence-corrected chi connectivity index (χ0v) is 15.2. The molecule has 0 spiro atoms. The van der Waals surface area contributed by atoms with Gasteiger partial charge in [0.15, 0.2) is 0 Å². The molecule has 0 saturated carbocycles. The molecule has 1 aromatic heterocycles. The van der Waals surface area contributed by atoms with Gasteiger partial charge in [-0.25, -0.2) is 4.98 Å². The minimum atomic E-state index is -0.0828. The van der Waals surface area contributed by atoms with Crippen molar-refractivity contribution < 1.29 is 9.53 Å². The fourth-order valence-electron chi connectivity index (χ4n) is 2.08. The number of carbonyl (C=O) groups is 1. The van der Waals surface area contributed by atoms with Crippen LogP contribution in [-0.2, 0) is 11.4 Å². The maximum atomic E-state index is 11.8. The van der Waals surface area contributed by atoms with Crippen molar-refractivity contribution in [2.45, 2.75) is 33.8 Å². The normalized spacial score (nSPS) is 11.2. The average molecular weight is 344 g/mol. The van der Waals surface area contributed by atoms with Gasteiger partial charge in [-0.05, 0) is 31.4 Å². The van der Waals surface area contributed by atoms with E-state index in [-0.39, 0.29) is 5.91 Å². The third kappa shape index (κ3) is 6.16. The summed E-state index contributed by atoms with van der Waals surface area (Å²) in [5, 5.41) is 5.91. The van der Waals surface area contributed by atoms with Gasteiger partial charge >= 0.3 is 0 Å². The van der Waals surface area contributed by atoms with Crippen LogP contribution in [0.2, 0.25) is 0 Å². The van der Waals surface area contributed by atoms with Gasteiger partial charge in [0.1, 0.15) is 12.4 Å². The van der Waals surface area contributed by atoms with E-state index >= 15 is 0 Å². The molecule has 0 atom stereocenters. The number of benzene rings is 1. The highest BCUT2D eigenvalue weighted by atomic mass is 32.1. The van der Waals surface area contributed by atoms with Gasteiger partial charge in [-0.2, -0.15) is 0 Å². The maximum absolute atomic E-state index is 11.8. The van der Waals surface area contributed by atoms with Crippen LogP contribution in [0.4, 0.5) is 0 Å². The first kappa shape index (κ1) is 18.2. The Morgan fingerprint density at radius 3 is 2.88 bits per heavy atom. The lowest BCUT2D eigenvalue weighted by atomic mass is 10.1. The van der Waals surface area contributed by atoms with Crippen molar-refractivity contribution in [3.63, 3.8) is 0 Å². The van der Waals surface area contributed by atoms with Crippen LogP contribution >= 0.6 is 11.3 Å². The number of hydrogen-bond acceptors (Lipinski definition) is 4. The summed E-state index contributed by atoms with van der Waals surface area (Å²) in [7, 11) is 0. The SMILES string of the molecule is Cc1nc(COc2ccccc2/C=C/C(=O)NCCC(C)C)cs1. The van der Waals surface area contributed by atoms with Crippen molar-refractivity contribution in [3.05, 3.63) is 52.0 Å². The van der Waals surface area contributed by atoms with Crippen LogP contribution in [0.1, 0.15) is 36.5 Å². The molecule has 0 fully saturated rings. The van der Waals surface area contributed by atoms with Crippen LogP contribution in [-0.4, -0.2) is 17.4 Å². The Bertz CT molecular complexity index is 692. The standard InChI is InChI=1S/C19H24N2O2S/c1-14(2)10-11-20-19(22)9-8-16-6-4-5-7-18(16)23-12-17-13-24-15(3)21-17/h4-9,13-14H,10-12H2,1-3H3,(H,20,22)/b9-8+. The predicted octanol–water partition coefficient (Wildman–Crippen LogP) is 4.21. The molecule has 1 amide bonds. The lowest BCUT2D eigenvalue weighted by Crippen LogP contribution is -2.23. The summed E-state index contributed by atoms with van der Waals surface area (Å²) in [5.74, 6) is 1.24. The van der Waals surface area contributed by atoms with Gasteiger partial charge < -0.3 is 10.1 Å². The summed E-state index contributed by atoms with van der Waals surface area (Å²) in [4.78, 5) is 16.2. The number of nitrogens with zero attached hydrogens (tertiary/aromatic N) is 1. The number of rotatable bonds is 8. The molecule has 5 heteroatoms. The Morgan fingerprint density at radius 2 is 2.17 bits per heavy atom. The highest BCUT2D eigenvalue weighted by Crippen LogP contribution is 2.21. The largest absolute Gasteiger partial charge is 0.487 e. The highest BCUT2D eigenvalue weighted by Gasteiger charge is 2.04. The summed E-state index contributed by atoms with van der Waals surface area (Å²) in [6.07, 6.45) is 4.31. The Balaban J connectivity index is 1.92. The van der Waals surface area contributed by atoms with Crippen LogP contribution in [0.5, 0.6) is 5.75 Å². The van der Waals surface area contributed by atoms with E-state index in [1.807, 2.05) is 36.6 Å². The molecule has 0 saturated heterocycles. The lowest BCUT2D eigenvalue weighted by molar-refractivity contribution is -0.116. The van der Waals surface area contributed by atoms with Crippen molar-refractivity contribution in [2.24, 2.45) is 5.92 Å². The van der Waals surface area contributed by atoms with E-state index in [0.717, 1.165) is 28.4 Å². The van der Waals surface area contributed by atoms with E-state index in [0.29, 0.717) is 19.1 Å². The Hall–Kier alpha value is -2.14. The quantitative estimate of drug-likeness (QED) is 0.730. The van der Waals surface area contributed by atoms with Crippen LogP contribution in [0.25, 0.3) is 6.08 Å². The minimum absolute atomic E-state index is 0.0828. The maximum Gasteiger partial charge on any atom is 0.244 e. The molecule has 0 unspecified atom stereocenters. The summed E-state index contributed by atoms with van der Waals surface area (Å²) in [6, 6.07) is 7.67. The van der Waals surface area contributed by atoms with Crippen molar-refractivity contribution in [1.29, 1.82) is 0 Å². The first-order chi connectivity index (χ1) is 11.5. The van der Waals surface area contributed by atoms with Gasteiger partial charge in [0.05, 0.1) is 10.7 Å². The number of aryl methyl sites for hydroxylation is 1. The fraction of sp³-hybridized carbons (Fsp3) is 0.368. The van der Waals surface area contributed by atoms with Gasteiger partial charge in [0, 0.05) is 23.6 Å². The Labute approximate surface area is 147 Å². The van der Waals surface area contributed by atoms with Gasteiger partial charge in [-0.1, -0.05) is 32.0 Å². The Kier molecular flexibility index (Phi) is 7.00. The fourth-order valence-corrected chi connectivity index (χ4v) is 2.68. The number of hydrogen-bond donors (Lipinski definition) is 1. The molecular weight excluding hydrogens is 320 g/mol. The smallest absolute Gasteiger partial charge is 0.244 e. The van der Waals surface area contributed by atoms with Gasteiger partial charge in [-0.3, -0.25) is 4.79 Å². The van der Waals surface area contributed by atoms with Crippen molar-refractivity contribution in [3.8, 4) is 5.75 Å². The number of para-hydroxylation sites is 1. The van der Waals surface area contributed by atoms with Crippen LogP contribution in [0.15, 0.2) is 35.7 Å². The summed E-state index contributed by atoms with van der Waals surface area (Å²) in [6.45, 7) is 7.37. The molecule has 0 radical (unpaired) electrons. The summed E-state index contributed by atoms with van der Waals surface area (Å²) < 4.78 is 5.84. The molecule has 0 bridgehead atoms. The molecule has 0 aliphatic carbocycles. The molecule has 4 nitrogen and oxygen atoms in total.